The summed E-state index contributed by atoms with van der Waals surface area (Å²) in [4.78, 5) is 35.5. The zero-order valence-corrected chi connectivity index (χ0v) is 15.6. The van der Waals surface area contributed by atoms with Gasteiger partial charge in [-0.15, -0.1) is 0 Å². The van der Waals surface area contributed by atoms with Gasteiger partial charge in [0.1, 0.15) is 0 Å². The molecule has 3 aromatic rings. The SMILES string of the molecule is CCN(CC)Cc1nc(C(C)n2cnc3c2c(=O)n(C)c(=O)n3C)no1. The molecule has 140 valence electrons. The molecule has 10 nitrogen and oxygen atoms in total. The molecule has 0 aromatic carbocycles. The van der Waals surface area contributed by atoms with E-state index in [0.717, 1.165) is 17.7 Å². The Kier molecular flexibility index (Phi) is 4.77. The molecule has 0 N–H and O–H groups in total. The van der Waals surface area contributed by atoms with Crippen LogP contribution in [0.25, 0.3) is 11.2 Å². The first kappa shape index (κ1) is 18.1. The summed E-state index contributed by atoms with van der Waals surface area (Å²) in [6.45, 7) is 8.35. The number of fused-ring (bicyclic) bond motifs is 1. The topological polar surface area (TPSA) is 104 Å². The summed E-state index contributed by atoms with van der Waals surface area (Å²) in [5, 5.41) is 4.05. The highest BCUT2D eigenvalue weighted by Crippen LogP contribution is 2.19. The maximum absolute atomic E-state index is 12.6. The first-order valence-electron chi connectivity index (χ1n) is 8.56. The van der Waals surface area contributed by atoms with Gasteiger partial charge in [-0.25, -0.2) is 9.78 Å². The number of aryl methyl sites for hydroxylation is 1. The normalized spacial score (nSPS) is 13.0. The van der Waals surface area contributed by atoms with Crippen molar-refractivity contribution in [1.82, 2.24) is 33.7 Å². The van der Waals surface area contributed by atoms with Crippen molar-refractivity contribution in [3.05, 3.63) is 38.9 Å². The Hall–Kier alpha value is -2.75. The molecule has 0 aliphatic carbocycles. The van der Waals surface area contributed by atoms with Crippen LogP contribution in [0.15, 0.2) is 20.4 Å². The summed E-state index contributed by atoms with van der Waals surface area (Å²) in [7, 11) is 3.03. The van der Waals surface area contributed by atoms with Crippen LogP contribution in [-0.4, -0.2) is 46.8 Å². The van der Waals surface area contributed by atoms with Gasteiger partial charge in [0.25, 0.3) is 5.56 Å². The summed E-state index contributed by atoms with van der Waals surface area (Å²) in [6.07, 6.45) is 1.52. The molecule has 1 atom stereocenters. The molecule has 0 amide bonds. The van der Waals surface area contributed by atoms with Gasteiger partial charge in [-0.05, 0) is 20.0 Å². The molecule has 0 saturated carbocycles. The second-order valence-corrected chi connectivity index (χ2v) is 6.21. The average molecular weight is 361 g/mol. The van der Waals surface area contributed by atoms with Crippen LogP contribution in [0.1, 0.15) is 38.5 Å². The molecule has 0 aliphatic rings. The molecule has 0 saturated heterocycles. The highest BCUT2D eigenvalue weighted by atomic mass is 16.5. The third kappa shape index (κ3) is 2.85. The van der Waals surface area contributed by atoms with Gasteiger partial charge in [0.15, 0.2) is 17.0 Å². The minimum atomic E-state index is -0.415. The lowest BCUT2D eigenvalue weighted by Crippen LogP contribution is -2.37. The third-order valence-corrected chi connectivity index (χ3v) is 4.70. The second kappa shape index (κ2) is 6.87. The summed E-state index contributed by atoms with van der Waals surface area (Å²) in [5.41, 5.74) is -0.158. The first-order valence-corrected chi connectivity index (χ1v) is 8.56. The highest BCUT2D eigenvalue weighted by molar-refractivity contribution is 5.70. The van der Waals surface area contributed by atoms with Gasteiger partial charge in [-0.3, -0.25) is 18.8 Å². The first-order chi connectivity index (χ1) is 12.4. The molecule has 10 heteroatoms. The van der Waals surface area contributed by atoms with E-state index in [1.54, 1.807) is 11.6 Å². The smallest absolute Gasteiger partial charge is 0.332 e. The lowest BCUT2D eigenvalue weighted by Gasteiger charge is -2.14. The van der Waals surface area contributed by atoms with Gasteiger partial charge >= 0.3 is 5.69 Å². The van der Waals surface area contributed by atoms with Crippen LogP contribution in [0, 0.1) is 0 Å². The maximum atomic E-state index is 12.6. The van der Waals surface area contributed by atoms with Gasteiger partial charge in [-0.2, -0.15) is 4.98 Å². The van der Waals surface area contributed by atoms with Crippen molar-refractivity contribution in [2.75, 3.05) is 13.1 Å². The van der Waals surface area contributed by atoms with E-state index in [0.29, 0.717) is 29.4 Å². The van der Waals surface area contributed by atoms with Crippen LogP contribution < -0.4 is 11.2 Å². The quantitative estimate of drug-likeness (QED) is 0.620. The fourth-order valence-electron chi connectivity index (χ4n) is 2.92. The Labute approximate surface area is 149 Å². The Balaban J connectivity index is 2.01. The summed E-state index contributed by atoms with van der Waals surface area (Å²) >= 11 is 0. The zero-order chi connectivity index (χ0) is 19.0. The van der Waals surface area contributed by atoms with E-state index in [2.05, 4.69) is 33.9 Å². The van der Waals surface area contributed by atoms with Gasteiger partial charge in [-0.1, -0.05) is 19.0 Å². The standard InChI is InChI=1S/C16H23N7O3/c1-6-22(7-2)8-11-18-13(19-26-11)10(3)23-9-17-14-12(23)15(24)21(5)16(25)20(14)4/h9-10H,6-8H2,1-5H3. The number of rotatable bonds is 6. The second-order valence-electron chi connectivity index (χ2n) is 6.21. The number of hydrogen-bond donors (Lipinski definition) is 0. The van der Waals surface area contributed by atoms with Gasteiger partial charge in [0.05, 0.1) is 18.9 Å². The molecule has 3 heterocycles. The number of nitrogens with zero attached hydrogens (tertiary/aromatic N) is 7. The Morgan fingerprint density at radius 3 is 2.54 bits per heavy atom. The Morgan fingerprint density at radius 2 is 1.88 bits per heavy atom. The Morgan fingerprint density at radius 1 is 1.19 bits per heavy atom. The van der Waals surface area contributed by atoms with Crippen LogP contribution in [-0.2, 0) is 20.6 Å². The van der Waals surface area contributed by atoms with Crippen LogP contribution >= 0.6 is 0 Å². The molecule has 26 heavy (non-hydrogen) atoms. The zero-order valence-electron chi connectivity index (χ0n) is 15.6. The van der Waals surface area contributed by atoms with Crippen molar-refractivity contribution >= 4 is 11.2 Å². The molecule has 3 aromatic heterocycles. The third-order valence-electron chi connectivity index (χ3n) is 4.70. The predicted molar refractivity (Wildman–Crippen MR) is 95.0 cm³/mol. The van der Waals surface area contributed by atoms with Crippen molar-refractivity contribution in [2.45, 2.75) is 33.4 Å². The lowest BCUT2D eigenvalue weighted by molar-refractivity contribution is 0.245. The van der Waals surface area contributed by atoms with Crippen LogP contribution in [0.3, 0.4) is 0 Å². The highest BCUT2D eigenvalue weighted by Gasteiger charge is 2.22. The monoisotopic (exact) mass is 361 g/mol. The molecule has 0 aliphatic heterocycles. The van der Waals surface area contributed by atoms with Gasteiger partial charge < -0.3 is 9.09 Å². The van der Waals surface area contributed by atoms with E-state index in [4.69, 9.17) is 4.52 Å². The van der Waals surface area contributed by atoms with E-state index in [1.807, 2.05) is 6.92 Å². The minimum absolute atomic E-state index is 0.330. The van der Waals surface area contributed by atoms with Crippen molar-refractivity contribution in [3.63, 3.8) is 0 Å². The van der Waals surface area contributed by atoms with Crippen molar-refractivity contribution < 1.29 is 4.52 Å². The largest absolute Gasteiger partial charge is 0.338 e. The van der Waals surface area contributed by atoms with Crippen molar-refractivity contribution in [1.29, 1.82) is 0 Å². The van der Waals surface area contributed by atoms with E-state index >= 15 is 0 Å². The van der Waals surface area contributed by atoms with Gasteiger partial charge in [0, 0.05) is 14.1 Å². The molecule has 1 unspecified atom stereocenters. The summed E-state index contributed by atoms with van der Waals surface area (Å²) < 4.78 is 9.44. The number of imidazole rings is 1. The summed E-state index contributed by atoms with van der Waals surface area (Å²) in [5.74, 6) is 0.989. The average Bonchev–Trinajstić information content (AvgIpc) is 3.29. The van der Waals surface area contributed by atoms with Gasteiger partial charge in [0.2, 0.25) is 5.89 Å². The van der Waals surface area contributed by atoms with E-state index in [-0.39, 0.29) is 6.04 Å². The number of hydrogen-bond acceptors (Lipinski definition) is 7. The fourth-order valence-corrected chi connectivity index (χ4v) is 2.92. The molecular formula is C16H23N7O3. The Bertz CT molecular complexity index is 1040. The molecular weight excluding hydrogens is 338 g/mol. The number of aromatic nitrogens is 6. The van der Waals surface area contributed by atoms with E-state index in [1.165, 1.54) is 17.9 Å². The maximum Gasteiger partial charge on any atom is 0.332 e. The molecule has 3 rings (SSSR count). The van der Waals surface area contributed by atoms with Crippen molar-refractivity contribution in [2.24, 2.45) is 14.1 Å². The molecule has 0 radical (unpaired) electrons. The fraction of sp³-hybridized carbons (Fsp3) is 0.562. The van der Waals surface area contributed by atoms with Crippen molar-refractivity contribution in [3.8, 4) is 0 Å². The van der Waals surface area contributed by atoms with Crippen LogP contribution in [0.5, 0.6) is 0 Å². The predicted octanol–water partition coefficient (Wildman–Crippen LogP) is 0.268. The van der Waals surface area contributed by atoms with Crippen LogP contribution in [0.4, 0.5) is 0 Å². The molecule has 0 spiro atoms. The lowest BCUT2D eigenvalue weighted by atomic mass is 10.3. The van der Waals surface area contributed by atoms with E-state index in [9.17, 15) is 9.59 Å². The van der Waals surface area contributed by atoms with Crippen LogP contribution in [0.2, 0.25) is 0 Å². The van der Waals surface area contributed by atoms with E-state index < -0.39 is 11.2 Å². The molecule has 0 fully saturated rings. The minimum Gasteiger partial charge on any atom is -0.338 e. The molecule has 0 bridgehead atoms. The summed E-state index contributed by atoms with van der Waals surface area (Å²) in [6, 6.07) is -0.362.